The van der Waals surface area contributed by atoms with Gasteiger partial charge in [-0.05, 0) is 18.2 Å². The second-order valence-corrected chi connectivity index (χ2v) is 2.57. The molecule has 5 heteroatoms. The average Bonchev–Trinajstić information content (AvgIpc) is 1.96. The van der Waals surface area contributed by atoms with Crippen molar-refractivity contribution >= 4 is 29.1 Å². The Labute approximate surface area is 73.9 Å². The summed E-state index contributed by atoms with van der Waals surface area (Å²) >= 11 is 5.62. The molecule has 1 aromatic carbocycles. The maximum atomic E-state index is 10.2. The van der Waals surface area contributed by atoms with Crippen molar-refractivity contribution in [3.8, 4) is 0 Å². The highest BCUT2D eigenvalue weighted by Crippen LogP contribution is 2.21. The van der Waals surface area contributed by atoms with Gasteiger partial charge in [0.1, 0.15) is 0 Å². The number of nitrogens with two attached hydrogens (primary N) is 1. The minimum absolute atomic E-state index is 0.350. The van der Waals surface area contributed by atoms with Crippen LogP contribution in [0.3, 0.4) is 0 Å². The lowest BCUT2D eigenvalue weighted by atomic mass is 10.3. The molecule has 0 aromatic heterocycles. The number of nitrogens with one attached hydrogen (secondary N) is 1. The van der Waals surface area contributed by atoms with Crippen molar-refractivity contribution in [2.45, 2.75) is 0 Å². The second-order valence-electron chi connectivity index (χ2n) is 2.17. The third-order valence-electron chi connectivity index (χ3n) is 1.25. The fourth-order valence-electron chi connectivity index (χ4n) is 0.745. The predicted octanol–water partition coefficient (Wildman–Crippen LogP) is 2.01. The summed E-state index contributed by atoms with van der Waals surface area (Å²) < 4.78 is 0. The highest BCUT2D eigenvalue weighted by Gasteiger charge is 2.00. The summed E-state index contributed by atoms with van der Waals surface area (Å²) in [6.45, 7) is 0. The highest BCUT2D eigenvalue weighted by atomic mass is 35.5. The summed E-state index contributed by atoms with van der Waals surface area (Å²) in [5.41, 5.74) is 6.19. The molecule has 0 fully saturated rings. The zero-order valence-electron chi connectivity index (χ0n) is 6.04. The van der Waals surface area contributed by atoms with Crippen molar-refractivity contribution in [2.75, 3.05) is 11.1 Å². The molecule has 1 amide bonds. The van der Waals surface area contributed by atoms with Gasteiger partial charge in [-0.1, -0.05) is 11.6 Å². The number of carbonyl (C=O) groups is 1. The van der Waals surface area contributed by atoms with Crippen molar-refractivity contribution < 1.29 is 9.90 Å². The first-order valence-corrected chi connectivity index (χ1v) is 3.52. The van der Waals surface area contributed by atoms with Crippen LogP contribution in [0, 0.1) is 0 Å². The van der Waals surface area contributed by atoms with E-state index in [4.69, 9.17) is 22.4 Å². The van der Waals surface area contributed by atoms with Crippen LogP contribution in [0.5, 0.6) is 0 Å². The minimum atomic E-state index is -1.13. The Balaban J connectivity index is 2.89. The molecule has 0 saturated carbocycles. The van der Waals surface area contributed by atoms with Crippen molar-refractivity contribution in [2.24, 2.45) is 0 Å². The van der Waals surface area contributed by atoms with Gasteiger partial charge in [0.05, 0.1) is 10.7 Å². The first-order valence-electron chi connectivity index (χ1n) is 3.14. The number of rotatable bonds is 1. The SMILES string of the molecule is Nc1cc(NC(=O)O)ccc1Cl. The van der Waals surface area contributed by atoms with E-state index < -0.39 is 6.09 Å². The molecule has 12 heavy (non-hydrogen) atoms. The average molecular weight is 187 g/mol. The van der Waals surface area contributed by atoms with Gasteiger partial charge >= 0.3 is 6.09 Å². The van der Waals surface area contributed by atoms with E-state index >= 15 is 0 Å². The van der Waals surface area contributed by atoms with Gasteiger partial charge in [-0.25, -0.2) is 4.79 Å². The van der Waals surface area contributed by atoms with Gasteiger partial charge in [0.25, 0.3) is 0 Å². The monoisotopic (exact) mass is 186 g/mol. The number of hydrogen-bond donors (Lipinski definition) is 3. The van der Waals surface area contributed by atoms with Crippen molar-refractivity contribution in [3.63, 3.8) is 0 Å². The standard InChI is InChI=1S/C7H7ClN2O2/c8-5-2-1-4(3-6(5)9)10-7(11)12/h1-3,10H,9H2,(H,11,12). The quantitative estimate of drug-likeness (QED) is 0.588. The van der Waals surface area contributed by atoms with Crippen LogP contribution in [0.1, 0.15) is 0 Å². The summed E-state index contributed by atoms with van der Waals surface area (Å²) in [5, 5.41) is 10.9. The molecule has 0 radical (unpaired) electrons. The van der Waals surface area contributed by atoms with E-state index in [0.29, 0.717) is 16.4 Å². The topological polar surface area (TPSA) is 75.3 Å². The Morgan fingerprint density at radius 3 is 2.75 bits per heavy atom. The number of benzene rings is 1. The van der Waals surface area contributed by atoms with Crippen molar-refractivity contribution in [3.05, 3.63) is 23.2 Å². The highest BCUT2D eigenvalue weighted by molar-refractivity contribution is 6.33. The molecule has 1 rings (SSSR count). The molecular weight excluding hydrogens is 180 g/mol. The van der Waals surface area contributed by atoms with E-state index in [1.54, 1.807) is 0 Å². The molecule has 4 N–H and O–H groups in total. The van der Waals surface area contributed by atoms with E-state index in [1.807, 2.05) is 0 Å². The third kappa shape index (κ3) is 2.03. The second kappa shape index (κ2) is 3.32. The summed E-state index contributed by atoms with van der Waals surface area (Å²) in [4.78, 5) is 10.2. The van der Waals surface area contributed by atoms with Gasteiger partial charge in [0.15, 0.2) is 0 Å². The summed E-state index contributed by atoms with van der Waals surface area (Å²) in [7, 11) is 0. The smallest absolute Gasteiger partial charge is 0.409 e. The molecule has 0 aliphatic heterocycles. The lowest BCUT2D eigenvalue weighted by molar-refractivity contribution is 0.210. The van der Waals surface area contributed by atoms with Crippen LogP contribution < -0.4 is 11.1 Å². The first-order chi connectivity index (χ1) is 5.59. The Kier molecular flexibility index (Phi) is 2.40. The van der Waals surface area contributed by atoms with Crippen LogP contribution >= 0.6 is 11.6 Å². The van der Waals surface area contributed by atoms with Crippen LogP contribution in [0.25, 0.3) is 0 Å². The number of carboxylic acid groups (broad SMARTS) is 1. The third-order valence-corrected chi connectivity index (χ3v) is 1.59. The Morgan fingerprint density at radius 1 is 1.58 bits per heavy atom. The summed E-state index contributed by atoms with van der Waals surface area (Å²) in [6.07, 6.45) is -1.13. The Morgan fingerprint density at radius 2 is 2.25 bits per heavy atom. The summed E-state index contributed by atoms with van der Waals surface area (Å²) in [5.74, 6) is 0. The molecule has 0 saturated heterocycles. The number of amides is 1. The van der Waals surface area contributed by atoms with Gasteiger partial charge in [-0.2, -0.15) is 0 Å². The number of nitrogen functional groups attached to an aromatic ring is 1. The first kappa shape index (κ1) is 8.67. The molecule has 0 atom stereocenters. The number of hydrogen-bond acceptors (Lipinski definition) is 2. The van der Waals surface area contributed by atoms with Crippen molar-refractivity contribution in [1.29, 1.82) is 0 Å². The van der Waals surface area contributed by atoms with E-state index in [0.717, 1.165) is 0 Å². The fraction of sp³-hybridized carbons (Fsp3) is 0. The van der Waals surface area contributed by atoms with Crippen LogP contribution in [-0.2, 0) is 0 Å². The van der Waals surface area contributed by atoms with E-state index in [1.165, 1.54) is 18.2 Å². The molecule has 64 valence electrons. The number of halogens is 1. The fourth-order valence-corrected chi connectivity index (χ4v) is 0.863. The Bertz CT molecular complexity index is 314. The molecular formula is C7H7ClN2O2. The van der Waals surface area contributed by atoms with E-state index in [2.05, 4.69) is 5.32 Å². The maximum absolute atomic E-state index is 10.2. The molecule has 0 aliphatic rings. The van der Waals surface area contributed by atoms with E-state index in [-0.39, 0.29) is 0 Å². The van der Waals surface area contributed by atoms with E-state index in [9.17, 15) is 4.79 Å². The van der Waals surface area contributed by atoms with Gasteiger partial charge < -0.3 is 10.8 Å². The van der Waals surface area contributed by atoms with Crippen molar-refractivity contribution in [1.82, 2.24) is 0 Å². The Hall–Kier alpha value is -1.42. The minimum Gasteiger partial charge on any atom is -0.465 e. The zero-order valence-corrected chi connectivity index (χ0v) is 6.80. The van der Waals surface area contributed by atoms with Gasteiger partial charge in [0.2, 0.25) is 0 Å². The van der Waals surface area contributed by atoms with Gasteiger partial charge in [-0.15, -0.1) is 0 Å². The largest absolute Gasteiger partial charge is 0.465 e. The molecule has 0 heterocycles. The maximum Gasteiger partial charge on any atom is 0.409 e. The molecule has 0 bridgehead atoms. The zero-order chi connectivity index (χ0) is 9.14. The van der Waals surface area contributed by atoms with Crippen LogP contribution in [0.4, 0.5) is 16.2 Å². The molecule has 1 aromatic rings. The molecule has 0 spiro atoms. The normalized spacial score (nSPS) is 9.42. The van der Waals surface area contributed by atoms with Gasteiger partial charge in [-0.3, -0.25) is 5.32 Å². The lowest BCUT2D eigenvalue weighted by Crippen LogP contribution is -2.07. The number of anilines is 2. The van der Waals surface area contributed by atoms with Crippen LogP contribution in [0.15, 0.2) is 18.2 Å². The predicted molar refractivity (Wildman–Crippen MR) is 47.5 cm³/mol. The lowest BCUT2D eigenvalue weighted by Gasteiger charge is -2.02. The van der Waals surface area contributed by atoms with Crippen LogP contribution in [-0.4, -0.2) is 11.2 Å². The molecule has 0 aliphatic carbocycles. The van der Waals surface area contributed by atoms with Gasteiger partial charge in [0, 0.05) is 5.69 Å². The molecule has 4 nitrogen and oxygen atoms in total. The molecule has 0 unspecified atom stereocenters. The van der Waals surface area contributed by atoms with Crippen LogP contribution in [0.2, 0.25) is 5.02 Å². The summed E-state index contributed by atoms with van der Waals surface area (Å²) in [6, 6.07) is 4.52.